The molecule has 0 aliphatic carbocycles. The molecule has 0 saturated carbocycles. The monoisotopic (exact) mass is 379 g/mol. The van der Waals surface area contributed by atoms with Crippen LogP contribution >= 0.6 is 0 Å². The minimum Gasteiger partial charge on any atom is -0.372 e. The number of rotatable bonds is 7. The summed E-state index contributed by atoms with van der Waals surface area (Å²) in [4.78, 5) is 31.6. The molecule has 0 bridgehead atoms. The molecule has 0 spiro atoms. The maximum atomic E-state index is 12.7. The summed E-state index contributed by atoms with van der Waals surface area (Å²) in [5.41, 5.74) is 0. The number of piperidine rings is 2. The van der Waals surface area contributed by atoms with Crippen molar-refractivity contribution in [2.45, 2.75) is 64.3 Å². The lowest BCUT2D eigenvalue weighted by Gasteiger charge is -2.42. The van der Waals surface area contributed by atoms with Crippen LogP contribution in [0.25, 0.3) is 0 Å². The van der Waals surface area contributed by atoms with Crippen LogP contribution in [0.2, 0.25) is 0 Å². The summed E-state index contributed by atoms with van der Waals surface area (Å²) in [7, 11) is 0. The number of nitrogens with zero attached hydrogens (tertiary/aromatic N) is 3. The van der Waals surface area contributed by atoms with E-state index >= 15 is 0 Å². The van der Waals surface area contributed by atoms with E-state index in [-0.39, 0.29) is 18.4 Å². The van der Waals surface area contributed by atoms with Crippen molar-refractivity contribution in [1.82, 2.24) is 14.7 Å². The molecule has 0 radical (unpaired) electrons. The van der Waals surface area contributed by atoms with Gasteiger partial charge in [0.1, 0.15) is 6.61 Å². The van der Waals surface area contributed by atoms with Gasteiger partial charge in [-0.2, -0.15) is 0 Å². The number of ether oxygens (including phenoxy) is 1. The van der Waals surface area contributed by atoms with Gasteiger partial charge in [-0.05, 0) is 51.5 Å². The lowest BCUT2D eigenvalue weighted by molar-refractivity contribution is -0.138. The standard InChI is InChI=1S/C21H37N3O3/c1-2-3-15-27-17-20(25)22-13-8-19(9-14-22)24-12-6-7-18(16-24)21(26)23-10-4-5-11-23/h18-19H,2-17H2,1H3/t18-/m0/s1. The minimum absolute atomic E-state index is 0.130. The summed E-state index contributed by atoms with van der Waals surface area (Å²) in [6.07, 6.45) is 8.63. The predicted molar refractivity (Wildman–Crippen MR) is 105 cm³/mol. The molecule has 1 atom stereocenters. The highest BCUT2D eigenvalue weighted by Gasteiger charge is 2.34. The highest BCUT2D eigenvalue weighted by molar-refractivity contribution is 5.79. The number of carbonyl (C=O) groups is 2. The predicted octanol–water partition coefficient (Wildman–Crippen LogP) is 2.13. The van der Waals surface area contributed by atoms with E-state index in [0.717, 1.165) is 90.6 Å². The van der Waals surface area contributed by atoms with E-state index in [9.17, 15) is 9.59 Å². The van der Waals surface area contributed by atoms with E-state index in [1.54, 1.807) is 0 Å². The Morgan fingerprint density at radius 1 is 0.926 bits per heavy atom. The summed E-state index contributed by atoms with van der Waals surface area (Å²) in [6, 6.07) is 0.518. The average molecular weight is 380 g/mol. The Morgan fingerprint density at radius 2 is 1.67 bits per heavy atom. The van der Waals surface area contributed by atoms with E-state index < -0.39 is 0 Å². The normalized spacial score (nSPS) is 25.1. The van der Waals surface area contributed by atoms with E-state index in [1.807, 2.05) is 4.90 Å². The van der Waals surface area contributed by atoms with Crippen molar-refractivity contribution in [3.8, 4) is 0 Å². The first-order valence-corrected chi connectivity index (χ1v) is 11.1. The van der Waals surface area contributed by atoms with Crippen LogP contribution < -0.4 is 0 Å². The van der Waals surface area contributed by atoms with Crippen LogP contribution in [0.3, 0.4) is 0 Å². The molecular weight excluding hydrogens is 342 g/mol. The van der Waals surface area contributed by atoms with Crippen LogP contribution in [0.5, 0.6) is 0 Å². The van der Waals surface area contributed by atoms with Crippen LogP contribution in [-0.2, 0) is 14.3 Å². The molecule has 6 heteroatoms. The van der Waals surface area contributed by atoms with Gasteiger partial charge in [0, 0.05) is 45.4 Å². The van der Waals surface area contributed by atoms with Gasteiger partial charge in [-0.3, -0.25) is 14.5 Å². The topological polar surface area (TPSA) is 53.1 Å². The van der Waals surface area contributed by atoms with Gasteiger partial charge in [-0.15, -0.1) is 0 Å². The third-order valence-electron chi connectivity index (χ3n) is 6.42. The lowest BCUT2D eigenvalue weighted by atomic mass is 9.93. The third-order valence-corrected chi connectivity index (χ3v) is 6.42. The Kier molecular flexibility index (Phi) is 7.94. The largest absolute Gasteiger partial charge is 0.372 e. The molecule has 3 aliphatic rings. The lowest BCUT2D eigenvalue weighted by Crippen LogP contribution is -2.52. The fourth-order valence-electron chi connectivity index (χ4n) is 4.71. The van der Waals surface area contributed by atoms with Gasteiger partial charge in [0.15, 0.2) is 0 Å². The maximum Gasteiger partial charge on any atom is 0.248 e. The summed E-state index contributed by atoms with van der Waals surface area (Å²) >= 11 is 0. The van der Waals surface area contributed by atoms with Crippen LogP contribution in [-0.4, -0.2) is 85.0 Å². The highest BCUT2D eigenvalue weighted by atomic mass is 16.5. The van der Waals surface area contributed by atoms with Gasteiger partial charge in [0.25, 0.3) is 0 Å². The van der Waals surface area contributed by atoms with Gasteiger partial charge in [0.05, 0.1) is 5.92 Å². The molecule has 0 aromatic carbocycles. The number of unbranched alkanes of at least 4 members (excludes halogenated alkanes) is 1. The van der Waals surface area contributed by atoms with Crippen molar-refractivity contribution in [3.63, 3.8) is 0 Å². The smallest absolute Gasteiger partial charge is 0.248 e. The van der Waals surface area contributed by atoms with Crippen molar-refractivity contribution in [1.29, 1.82) is 0 Å². The molecule has 0 unspecified atom stereocenters. The van der Waals surface area contributed by atoms with E-state index in [1.165, 1.54) is 0 Å². The first-order valence-electron chi connectivity index (χ1n) is 11.1. The highest BCUT2D eigenvalue weighted by Crippen LogP contribution is 2.26. The molecule has 2 amide bonds. The SMILES string of the molecule is CCCCOCC(=O)N1CCC(N2CCC[C@H](C(=O)N3CCCC3)C2)CC1. The molecule has 3 fully saturated rings. The summed E-state index contributed by atoms with van der Waals surface area (Å²) in [6.45, 7) is 8.59. The Morgan fingerprint density at radius 3 is 2.37 bits per heavy atom. The van der Waals surface area contributed by atoms with E-state index in [4.69, 9.17) is 4.74 Å². The quantitative estimate of drug-likeness (QED) is 0.636. The Balaban J connectivity index is 1.41. The molecule has 0 aromatic rings. The van der Waals surface area contributed by atoms with Crippen molar-refractivity contribution < 1.29 is 14.3 Å². The van der Waals surface area contributed by atoms with Crippen LogP contribution in [0, 0.1) is 5.92 Å². The average Bonchev–Trinajstić information content (AvgIpc) is 3.25. The fraction of sp³-hybridized carbons (Fsp3) is 0.905. The van der Waals surface area contributed by atoms with Crippen LogP contribution in [0.15, 0.2) is 0 Å². The van der Waals surface area contributed by atoms with Gasteiger partial charge < -0.3 is 14.5 Å². The second kappa shape index (κ2) is 10.4. The molecule has 154 valence electrons. The van der Waals surface area contributed by atoms with Crippen molar-refractivity contribution >= 4 is 11.8 Å². The van der Waals surface area contributed by atoms with Gasteiger partial charge in [0.2, 0.25) is 11.8 Å². The minimum atomic E-state index is 0.130. The zero-order valence-electron chi connectivity index (χ0n) is 17.0. The Bertz CT molecular complexity index is 485. The Hall–Kier alpha value is -1.14. The number of hydrogen-bond donors (Lipinski definition) is 0. The molecular formula is C21H37N3O3. The van der Waals surface area contributed by atoms with Crippen molar-refractivity contribution in [3.05, 3.63) is 0 Å². The number of hydrogen-bond acceptors (Lipinski definition) is 4. The van der Waals surface area contributed by atoms with E-state index in [0.29, 0.717) is 18.6 Å². The molecule has 6 nitrogen and oxygen atoms in total. The zero-order chi connectivity index (χ0) is 19.1. The van der Waals surface area contributed by atoms with E-state index in [2.05, 4.69) is 16.7 Å². The molecule has 27 heavy (non-hydrogen) atoms. The fourth-order valence-corrected chi connectivity index (χ4v) is 4.71. The first kappa shape index (κ1) is 20.6. The molecule has 3 rings (SSSR count). The molecule has 3 saturated heterocycles. The first-order chi connectivity index (χ1) is 13.2. The summed E-state index contributed by atoms with van der Waals surface area (Å²) < 4.78 is 5.48. The number of amides is 2. The van der Waals surface area contributed by atoms with Gasteiger partial charge in [-0.25, -0.2) is 0 Å². The molecule has 0 N–H and O–H groups in total. The van der Waals surface area contributed by atoms with Gasteiger partial charge >= 0.3 is 0 Å². The second-order valence-electron chi connectivity index (χ2n) is 8.38. The van der Waals surface area contributed by atoms with Crippen molar-refractivity contribution in [2.24, 2.45) is 5.92 Å². The maximum absolute atomic E-state index is 12.7. The number of carbonyl (C=O) groups excluding carboxylic acids is 2. The third kappa shape index (κ3) is 5.67. The molecule has 3 aliphatic heterocycles. The summed E-state index contributed by atoms with van der Waals surface area (Å²) in [5.74, 6) is 0.697. The van der Waals surface area contributed by atoms with Gasteiger partial charge in [-0.1, -0.05) is 13.3 Å². The summed E-state index contributed by atoms with van der Waals surface area (Å²) in [5, 5.41) is 0. The second-order valence-corrected chi connectivity index (χ2v) is 8.38. The van der Waals surface area contributed by atoms with Crippen molar-refractivity contribution in [2.75, 3.05) is 52.5 Å². The number of likely N-dealkylation sites (tertiary alicyclic amines) is 3. The molecule has 3 heterocycles. The Labute approximate surface area is 164 Å². The molecule has 0 aromatic heterocycles. The van der Waals surface area contributed by atoms with Crippen LogP contribution in [0.4, 0.5) is 0 Å². The van der Waals surface area contributed by atoms with Crippen LogP contribution in [0.1, 0.15) is 58.3 Å². The zero-order valence-corrected chi connectivity index (χ0v) is 17.0.